The highest BCUT2D eigenvalue weighted by Gasteiger charge is 2.20. The van der Waals surface area contributed by atoms with Gasteiger partial charge in [0.25, 0.3) is 0 Å². The van der Waals surface area contributed by atoms with Gasteiger partial charge in [0, 0.05) is 37.8 Å². The number of benzene rings is 2. The minimum atomic E-state index is -0.198. The molecule has 2 atom stereocenters. The lowest BCUT2D eigenvalue weighted by atomic mass is 10.0. The molecule has 24 heavy (non-hydrogen) atoms. The zero-order valence-corrected chi connectivity index (χ0v) is 14.1. The molecule has 0 aromatic heterocycles. The maximum Gasteiger partial charge on any atom is 0.127 e. The highest BCUT2D eigenvalue weighted by molar-refractivity contribution is 5.28. The summed E-state index contributed by atoms with van der Waals surface area (Å²) in [5.41, 5.74) is 3.18. The van der Waals surface area contributed by atoms with Crippen LogP contribution in [0.1, 0.15) is 36.1 Å². The first kappa shape index (κ1) is 17.1. The number of halogens is 1. The van der Waals surface area contributed by atoms with Gasteiger partial charge in [0.1, 0.15) is 5.82 Å². The zero-order valence-electron chi connectivity index (χ0n) is 14.1. The normalized spacial score (nSPS) is 19.5. The van der Waals surface area contributed by atoms with Gasteiger partial charge in [-0.1, -0.05) is 42.5 Å². The third-order valence-corrected chi connectivity index (χ3v) is 4.73. The van der Waals surface area contributed by atoms with Crippen molar-refractivity contribution in [2.75, 3.05) is 13.1 Å². The van der Waals surface area contributed by atoms with Gasteiger partial charge in [-0.25, -0.2) is 4.39 Å². The minimum Gasteiger partial charge on any atom is -0.392 e. The Bertz CT molecular complexity index is 676. The molecule has 0 bridgehead atoms. The fraction of sp³-hybridized carbons (Fsp3) is 0.400. The van der Waals surface area contributed by atoms with Gasteiger partial charge < -0.3 is 10.4 Å². The van der Waals surface area contributed by atoms with E-state index in [-0.39, 0.29) is 18.0 Å². The second-order valence-corrected chi connectivity index (χ2v) is 6.57. The van der Waals surface area contributed by atoms with E-state index in [1.54, 1.807) is 6.07 Å². The van der Waals surface area contributed by atoms with Gasteiger partial charge >= 0.3 is 0 Å². The number of likely N-dealkylation sites (tertiary alicyclic amines) is 1. The van der Waals surface area contributed by atoms with Crippen LogP contribution in [0.25, 0.3) is 0 Å². The number of nitrogens with one attached hydrogen (secondary N) is 1. The molecule has 1 aliphatic rings. The summed E-state index contributed by atoms with van der Waals surface area (Å²) in [7, 11) is 0. The molecular formula is C20H25FN2O. The van der Waals surface area contributed by atoms with E-state index in [1.165, 1.54) is 17.2 Å². The van der Waals surface area contributed by atoms with E-state index in [0.717, 1.165) is 26.1 Å². The van der Waals surface area contributed by atoms with Crippen molar-refractivity contribution in [1.29, 1.82) is 0 Å². The number of nitrogens with zero attached hydrogens (tertiary/aromatic N) is 1. The second-order valence-electron chi connectivity index (χ2n) is 6.57. The van der Waals surface area contributed by atoms with Crippen LogP contribution in [0.3, 0.4) is 0 Å². The first-order valence-electron chi connectivity index (χ1n) is 8.58. The van der Waals surface area contributed by atoms with Gasteiger partial charge in [0.15, 0.2) is 0 Å². The Labute approximate surface area is 143 Å². The van der Waals surface area contributed by atoms with Crippen LogP contribution in [-0.2, 0) is 13.1 Å². The van der Waals surface area contributed by atoms with Crippen LogP contribution in [0.2, 0.25) is 0 Å². The lowest BCUT2D eigenvalue weighted by molar-refractivity contribution is 0.174. The Morgan fingerprint density at radius 3 is 2.58 bits per heavy atom. The largest absolute Gasteiger partial charge is 0.392 e. The van der Waals surface area contributed by atoms with Crippen molar-refractivity contribution in [3.63, 3.8) is 0 Å². The molecule has 0 spiro atoms. The van der Waals surface area contributed by atoms with Crippen LogP contribution in [0.15, 0.2) is 48.5 Å². The Kier molecular flexibility index (Phi) is 5.61. The van der Waals surface area contributed by atoms with Crippen molar-refractivity contribution in [1.82, 2.24) is 10.2 Å². The molecule has 3 nitrogen and oxygen atoms in total. The average Bonchev–Trinajstić information content (AvgIpc) is 2.99. The molecule has 1 heterocycles. The van der Waals surface area contributed by atoms with Crippen LogP contribution in [0, 0.1) is 5.82 Å². The molecule has 4 heteroatoms. The fourth-order valence-corrected chi connectivity index (χ4v) is 3.28. The monoisotopic (exact) mass is 328 g/mol. The number of rotatable bonds is 6. The predicted molar refractivity (Wildman–Crippen MR) is 94.0 cm³/mol. The van der Waals surface area contributed by atoms with Crippen LogP contribution in [-0.4, -0.2) is 29.2 Å². The number of aliphatic hydroxyl groups is 1. The van der Waals surface area contributed by atoms with E-state index < -0.39 is 0 Å². The first-order valence-corrected chi connectivity index (χ1v) is 8.58. The molecule has 3 rings (SSSR count). The van der Waals surface area contributed by atoms with Crippen molar-refractivity contribution >= 4 is 0 Å². The lowest BCUT2D eigenvalue weighted by Crippen LogP contribution is -2.24. The standard InChI is InChI=1S/C20H25FN2O/c1-15(19-8-4-5-9-20(19)21)22-12-16-6-2-3-7-17(16)13-23-11-10-18(24)14-23/h2-9,15,18,22,24H,10-14H2,1H3/t15-,18+/m1/s1. The second kappa shape index (κ2) is 7.88. The quantitative estimate of drug-likeness (QED) is 0.854. The number of aliphatic hydroxyl groups excluding tert-OH is 1. The van der Waals surface area contributed by atoms with Crippen molar-refractivity contribution in [2.24, 2.45) is 0 Å². The molecular weight excluding hydrogens is 303 g/mol. The van der Waals surface area contributed by atoms with Crippen LogP contribution < -0.4 is 5.32 Å². The topological polar surface area (TPSA) is 35.5 Å². The molecule has 0 radical (unpaired) electrons. The number of hydrogen-bond donors (Lipinski definition) is 2. The molecule has 0 saturated carbocycles. The van der Waals surface area contributed by atoms with E-state index in [2.05, 4.69) is 22.3 Å². The summed E-state index contributed by atoms with van der Waals surface area (Å²) in [5.74, 6) is -0.170. The van der Waals surface area contributed by atoms with Crippen molar-refractivity contribution < 1.29 is 9.50 Å². The molecule has 1 fully saturated rings. The van der Waals surface area contributed by atoms with Crippen molar-refractivity contribution in [2.45, 2.75) is 38.6 Å². The van der Waals surface area contributed by atoms with Gasteiger partial charge in [0.2, 0.25) is 0 Å². The summed E-state index contributed by atoms with van der Waals surface area (Å²) in [6.07, 6.45) is 0.654. The third kappa shape index (κ3) is 4.20. The molecule has 0 amide bonds. The van der Waals surface area contributed by atoms with Crippen LogP contribution in [0.4, 0.5) is 4.39 Å². The van der Waals surface area contributed by atoms with E-state index >= 15 is 0 Å². The lowest BCUT2D eigenvalue weighted by Gasteiger charge is -2.20. The smallest absolute Gasteiger partial charge is 0.127 e. The van der Waals surface area contributed by atoms with Gasteiger partial charge in [-0.05, 0) is 30.5 Å². The maximum atomic E-state index is 13.9. The Balaban J connectivity index is 1.64. The molecule has 0 aliphatic carbocycles. The third-order valence-electron chi connectivity index (χ3n) is 4.73. The first-order chi connectivity index (χ1) is 11.6. The fourth-order valence-electron chi connectivity index (χ4n) is 3.28. The zero-order chi connectivity index (χ0) is 16.9. The molecule has 2 N–H and O–H groups in total. The minimum absolute atomic E-state index is 0.0483. The molecule has 0 unspecified atom stereocenters. The molecule has 1 aliphatic heterocycles. The van der Waals surface area contributed by atoms with Crippen LogP contribution >= 0.6 is 0 Å². The van der Waals surface area contributed by atoms with Crippen LogP contribution in [0.5, 0.6) is 0 Å². The van der Waals surface area contributed by atoms with Gasteiger partial charge in [-0.2, -0.15) is 0 Å². The maximum absolute atomic E-state index is 13.9. The summed E-state index contributed by atoms with van der Waals surface area (Å²) in [4.78, 5) is 2.28. The van der Waals surface area contributed by atoms with Gasteiger partial charge in [-0.15, -0.1) is 0 Å². The summed E-state index contributed by atoms with van der Waals surface area (Å²) >= 11 is 0. The molecule has 2 aromatic carbocycles. The van der Waals surface area contributed by atoms with E-state index in [0.29, 0.717) is 12.1 Å². The van der Waals surface area contributed by atoms with Crippen molar-refractivity contribution in [3.8, 4) is 0 Å². The van der Waals surface area contributed by atoms with E-state index in [9.17, 15) is 9.50 Å². The Morgan fingerprint density at radius 2 is 1.88 bits per heavy atom. The summed E-state index contributed by atoms with van der Waals surface area (Å²) in [6.45, 7) is 5.21. The Hall–Kier alpha value is -1.75. The summed E-state index contributed by atoms with van der Waals surface area (Å²) < 4.78 is 13.9. The molecule has 128 valence electrons. The highest BCUT2D eigenvalue weighted by atomic mass is 19.1. The van der Waals surface area contributed by atoms with Crippen molar-refractivity contribution in [3.05, 3.63) is 71.0 Å². The average molecular weight is 328 g/mol. The van der Waals surface area contributed by atoms with Gasteiger partial charge in [-0.3, -0.25) is 4.90 Å². The van der Waals surface area contributed by atoms with Gasteiger partial charge in [0.05, 0.1) is 6.10 Å². The van der Waals surface area contributed by atoms with E-state index in [1.807, 2.05) is 31.2 Å². The summed E-state index contributed by atoms with van der Waals surface area (Å²) in [5, 5.41) is 13.1. The SMILES string of the molecule is C[C@@H](NCc1ccccc1CN1CC[C@H](O)C1)c1ccccc1F. The highest BCUT2D eigenvalue weighted by Crippen LogP contribution is 2.19. The summed E-state index contributed by atoms with van der Waals surface area (Å²) in [6, 6.07) is 15.2. The number of hydrogen-bond acceptors (Lipinski definition) is 3. The Morgan fingerprint density at radius 1 is 1.17 bits per heavy atom. The molecule has 1 saturated heterocycles. The number of β-amino-alcohol motifs (C(OH)–C–C–N with tert-alkyl or cyclic N) is 1. The predicted octanol–water partition coefficient (Wildman–Crippen LogP) is 3.24. The molecule has 2 aromatic rings. The van der Waals surface area contributed by atoms with E-state index in [4.69, 9.17) is 0 Å².